The highest BCUT2D eigenvalue weighted by molar-refractivity contribution is 8.14. The maximum absolute atomic E-state index is 12.5. The first kappa shape index (κ1) is 21.7. The van der Waals surface area contributed by atoms with E-state index in [0.717, 1.165) is 12.0 Å². The summed E-state index contributed by atoms with van der Waals surface area (Å²) in [4.78, 5) is 29.5. The zero-order valence-electron chi connectivity index (χ0n) is 17.4. The zero-order valence-corrected chi connectivity index (χ0v) is 18.2. The van der Waals surface area contributed by atoms with Crippen LogP contribution >= 0.6 is 11.8 Å². The van der Waals surface area contributed by atoms with E-state index in [2.05, 4.69) is 18.0 Å². The average molecular weight is 417 g/mol. The molecule has 2 aromatic carbocycles. The van der Waals surface area contributed by atoms with Gasteiger partial charge in [-0.05, 0) is 31.4 Å². The average Bonchev–Trinajstić information content (AvgIpc) is 2.77. The molecule has 4 nitrogen and oxygen atoms in total. The van der Waals surface area contributed by atoms with Crippen molar-refractivity contribution in [3.8, 4) is 6.07 Å². The Balaban J connectivity index is 1.93. The normalized spacial score (nSPS) is 18.5. The molecule has 1 unspecified atom stereocenters. The van der Waals surface area contributed by atoms with E-state index in [1.807, 2.05) is 42.5 Å². The van der Waals surface area contributed by atoms with E-state index in [1.165, 1.54) is 24.2 Å². The van der Waals surface area contributed by atoms with Crippen molar-refractivity contribution in [2.24, 2.45) is 10.9 Å². The number of carbonyl (C=O) groups excluding carboxylic acids is 2. The van der Waals surface area contributed by atoms with Crippen molar-refractivity contribution in [2.45, 2.75) is 33.1 Å². The van der Waals surface area contributed by atoms with Crippen LogP contribution in [0.5, 0.6) is 0 Å². The van der Waals surface area contributed by atoms with Crippen LogP contribution in [0.2, 0.25) is 0 Å². The lowest BCUT2D eigenvalue weighted by Crippen LogP contribution is -2.28. The molecular formula is C25H24N2O2S. The van der Waals surface area contributed by atoms with Gasteiger partial charge in [0.25, 0.3) is 0 Å². The first-order valence-corrected chi connectivity index (χ1v) is 10.9. The summed E-state index contributed by atoms with van der Waals surface area (Å²) >= 11 is 1.29. The first-order chi connectivity index (χ1) is 14.5. The Bertz CT molecular complexity index is 1050. The molecule has 0 spiro atoms. The van der Waals surface area contributed by atoms with Gasteiger partial charge in [-0.25, -0.2) is 4.99 Å². The van der Waals surface area contributed by atoms with Crippen molar-refractivity contribution >= 4 is 28.4 Å². The molecule has 0 saturated heterocycles. The molecule has 152 valence electrons. The van der Waals surface area contributed by atoms with E-state index in [1.54, 1.807) is 19.1 Å². The Labute approximate surface area is 181 Å². The van der Waals surface area contributed by atoms with Crippen LogP contribution in [-0.2, 0) is 11.2 Å². The second kappa shape index (κ2) is 9.69. The molecule has 0 radical (unpaired) electrons. The third kappa shape index (κ3) is 4.60. The maximum atomic E-state index is 12.5. The van der Waals surface area contributed by atoms with Crippen molar-refractivity contribution in [3.63, 3.8) is 0 Å². The topological polar surface area (TPSA) is 70.3 Å². The number of hydrogen-bond donors (Lipinski definition) is 0. The van der Waals surface area contributed by atoms with Gasteiger partial charge in [0, 0.05) is 22.8 Å². The van der Waals surface area contributed by atoms with E-state index in [4.69, 9.17) is 0 Å². The fraction of sp³-hybridized carbons (Fsp3) is 0.280. The van der Waals surface area contributed by atoms with Crippen LogP contribution in [0, 0.1) is 17.2 Å². The number of carbonyl (C=O) groups is 2. The number of Topliss-reactive ketones (excluding diaryl/α,β-unsaturated/α-hetero) is 2. The molecule has 0 N–H and O–H groups in total. The smallest absolute Gasteiger partial charge is 0.173 e. The van der Waals surface area contributed by atoms with Crippen molar-refractivity contribution in [2.75, 3.05) is 5.75 Å². The van der Waals surface area contributed by atoms with E-state index >= 15 is 0 Å². The Morgan fingerprint density at radius 3 is 2.33 bits per heavy atom. The molecule has 0 aromatic heterocycles. The van der Waals surface area contributed by atoms with E-state index < -0.39 is 5.92 Å². The predicted molar refractivity (Wildman–Crippen MR) is 122 cm³/mol. The highest BCUT2D eigenvalue weighted by Gasteiger charge is 2.37. The third-order valence-electron chi connectivity index (χ3n) is 5.29. The van der Waals surface area contributed by atoms with Crippen LogP contribution in [0.3, 0.4) is 0 Å². The number of rotatable bonds is 6. The summed E-state index contributed by atoms with van der Waals surface area (Å²) in [6.45, 7) is 5.41. The second-order valence-corrected chi connectivity index (χ2v) is 8.26. The minimum atomic E-state index is -0.603. The van der Waals surface area contributed by atoms with Gasteiger partial charge >= 0.3 is 0 Å². The number of aryl methyl sites for hydroxylation is 1. The van der Waals surface area contributed by atoms with Crippen molar-refractivity contribution in [3.05, 3.63) is 82.6 Å². The number of allylic oxidation sites excluding steroid dienone is 2. The van der Waals surface area contributed by atoms with Crippen LogP contribution in [0.4, 0.5) is 0 Å². The molecule has 5 heteroatoms. The molecule has 0 bridgehead atoms. The van der Waals surface area contributed by atoms with Gasteiger partial charge in [-0.2, -0.15) is 5.26 Å². The van der Waals surface area contributed by atoms with Crippen LogP contribution < -0.4 is 0 Å². The number of thioether (sulfide) groups is 1. The molecular weight excluding hydrogens is 392 g/mol. The molecule has 0 amide bonds. The number of nitrogens with zero attached hydrogens (tertiary/aromatic N) is 2. The number of benzene rings is 2. The minimum Gasteiger partial charge on any atom is -0.295 e. The minimum absolute atomic E-state index is 0.0113. The van der Waals surface area contributed by atoms with Gasteiger partial charge in [0.2, 0.25) is 0 Å². The Kier molecular flexibility index (Phi) is 7.02. The molecule has 3 rings (SSSR count). The summed E-state index contributed by atoms with van der Waals surface area (Å²) in [5.74, 6) is -0.877. The third-order valence-corrected chi connectivity index (χ3v) is 6.34. The molecule has 0 saturated carbocycles. The van der Waals surface area contributed by atoms with Crippen LogP contribution in [0.15, 0.2) is 70.9 Å². The summed E-state index contributed by atoms with van der Waals surface area (Å²) in [6.07, 6.45) is 0.922. The fourth-order valence-electron chi connectivity index (χ4n) is 3.72. The molecule has 1 aliphatic rings. The van der Waals surface area contributed by atoms with Gasteiger partial charge in [0.1, 0.15) is 5.92 Å². The monoisotopic (exact) mass is 416 g/mol. The summed E-state index contributed by atoms with van der Waals surface area (Å²) < 4.78 is 0. The highest BCUT2D eigenvalue weighted by atomic mass is 32.2. The first-order valence-electron chi connectivity index (χ1n) is 9.96. The number of hydrogen-bond acceptors (Lipinski definition) is 5. The Morgan fingerprint density at radius 1 is 1.10 bits per heavy atom. The SMILES string of the molecule is CCc1ccc([C@@H]2C(C(C)=O)=C(C)N=C(SCC(=O)c3ccccc3)C2C#N)cc1. The fourth-order valence-corrected chi connectivity index (χ4v) is 4.74. The number of aliphatic imine (C=N–C) groups is 1. The van der Waals surface area contributed by atoms with Crippen molar-refractivity contribution < 1.29 is 9.59 Å². The quantitative estimate of drug-likeness (QED) is 0.594. The lowest BCUT2D eigenvalue weighted by molar-refractivity contribution is -0.114. The number of nitriles is 1. The van der Waals surface area contributed by atoms with Gasteiger partial charge in [0.15, 0.2) is 11.6 Å². The van der Waals surface area contributed by atoms with E-state index in [0.29, 0.717) is 21.9 Å². The Hall–Kier alpha value is -2.97. The summed E-state index contributed by atoms with van der Waals surface area (Å²) in [5.41, 5.74) is 3.95. The van der Waals surface area contributed by atoms with Gasteiger partial charge in [-0.1, -0.05) is 61.5 Å². The van der Waals surface area contributed by atoms with Crippen LogP contribution in [-0.4, -0.2) is 22.4 Å². The predicted octanol–water partition coefficient (Wildman–Crippen LogP) is 5.36. The zero-order chi connectivity index (χ0) is 21.7. The van der Waals surface area contributed by atoms with Gasteiger partial charge in [0.05, 0.1) is 16.9 Å². The van der Waals surface area contributed by atoms with Gasteiger partial charge in [-0.3, -0.25) is 9.59 Å². The van der Waals surface area contributed by atoms with E-state index in [-0.39, 0.29) is 23.2 Å². The maximum Gasteiger partial charge on any atom is 0.173 e. The van der Waals surface area contributed by atoms with Crippen molar-refractivity contribution in [1.29, 1.82) is 5.26 Å². The molecule has 0 aliphatic carbocycles. The summed E-state index contributed by atoms with van der Waals surface area (Å²) in [5, 5.41) is 10.6. The molecule has 0 fully saturated rings. The molecule has 2 aromatic rings. The van der Waals surface area contributed by atoms with Crippen molar-refractivity contribution in [1.82, 2.24) is 0 Å². The Morgan fingerprint density at radius 2 is 1.77 bits per heavy atom. The number of ketones is 2. The lowest BCUT2D eigenvalue weighted by atomic mass is 9.77. The van der Waals surface area contributed by atoms with Crippen LogP contribution in [0.1, 0.15) is 48.2 Å². The molecule has 1 heterocycles. The van der Waals surface area contributed by atoms with E-state index in [9.17, 15) is 14.9 Å². The lowest BCUT2D eigenvalue weighted by Gasteiger charge is -2.30. The second-order valence-electron chi connectivity index (χ2n) is 7.26. The molecule has 1 aliphatic heterocycles. The molecule has 2 atom stereocenters. The van der Waals surface area contributed by atoms with Gasteiger partial charge < -0.3 is 0 Å². The highest BCUT2D eigenvalue weighted by Crippen LogP contribution is 2.41. The molecule has 30 heavy (non-hydrogen) atoms. The van der Waals surface area contributed by atoms with Gasteiger partial charge in [-0.15, -0.1) is 11.8 Å². The van der Waals surface area contributed by atoms with Crippen LogP contribution in [0.25, 0.3) is 0 Å². The summed E-state index contributed by atoms with van der Waals surface area (Å²) in [6, 6.07) is 19.5. The largest absolute Gasteiger partial charge is 0.295 e. The standard InChI is InChI=1S/C25H24N2O2S/c1-4-18-10-12-20(13-11-18)24-21(14-26)25(27-16(2)23(24)17(3)28)30-15-22(29)19-8-6-5-7-9-19/h5-13,21,24H,4,15H2,1-3H3/t21?,24-/m0/s1. The summed E-state index contributed by atoms with van der Waals surface area (Å²) in [7, 11) is 0.